The molecule has 126 valence electrons. The summed E-state index contributed by atoms with van der Waals surface area (Å²) in [6.07, 6.45) is 0. The molecule has 0 aliphatic carbocycles. The highest BCUT2D eigenvalue weighted by Crippen LogP contribution is 2.34. The van der Waals surface area contributed by atoms with Crippen molar-refractivity contribution in [2.24, 2.45) is 5.92 Å². The standard InChI is InChI=1S/C16H23N3O4/c1-3-21-16(20)15-11(9-17-18-15)10-19(2)12-4-5-13-14(8-12)23-7-6-22-13/h4-5,8,11,15,17-18H,3,6-7,9-10H2,1-2H3. The second kappa shape index (κ2) is 7.06. The van der Waals surface area contributed by atoms with E-state index in [0.717, 1.165) is 30.3 Å². The number of anilines is 1. The van der Waals surface area contributed by atoms with Gasteiger partial charge in [-0.3, -0.25) is 10.2 Å². The van der Waals surface area contributed by atoms with Crippen molar-refractivity contribution >= 4 is 11.7 Å². The van der Waals surface area contributed by atoms with Gasteiger partial charge in [0.2, 0.25) is 0 Å². The van der Waals surface area contributed by atoms with E-state index < -0.39 is 0 Å². The number of hydrogen-bond donors (Lipinski definition) is 2. The molecule has 2 atom stereocenters. The van der Waals surface area contributed by atoms with Crippen molar-refractivity contribution in [3.63, 3.8) is 0 Å². The number of ether oxygens (including phenoxy) is 3. The Morgan fingerprint density at radius 1 is 1.35 bits per heavy atom. The van der Waals surface area contributed by atoms with E-state index in [1.165, 1.54) is 0 Å². The number of rotatable bonds is 5. The first-order chi connectivity index (χ1) is 11.2. The van der Waals surface area contributed by atoms with Gasteiger partial charge in [0, 0.05) is 37.8 Å². The van der Waals surface area contributed by atoms with Crippen LogP contribution in [0.3, 0.4) is 0 Å². The Labute approximate surface area is 135 Å². The number of carbonyl (C=O) groups excluding carboxylic acids is 1. The fourth-order valence-corrected chi connectivity index (χ4v) is 2.92. The van der Waals surface area contributed by atoms with Crippen LogP contribution < -0.4 is 25.2 Å². The quantitative estimate of drug-likeness (QED) is 0.767. The zero-order valence-corrected chi connectivity index (χ0v) is 13.5. The van der Waals surface area contributed by atoms with Crippen LogP contribution in [-0.2, 0) is 9.53 Å². The average Bonchev–Trinajstić information content (AvgIpc) is 3.03. The molecule has 7 nitrogen and oxygen atoms in total. The molecule has 1 fully saturated rings. The lowest BCUT2D eigenvalue weighted by Gasteiger charge is -2.27. The molecule has 2 N–H and O–H groups in total. The summed E-state index contributed by atoms with van der Waals surface area (Å²) in [5.41, 5.74) is 7.08. The van der Waals surface area contributed by atoms with Crippen molar-refractivity contribution < 1.29 is 19.0 Å². The topological polar surface area (TPSA) is 72.1 Å². The number of nitrogens with zero attached hydrogens (tertiary/aromatic N) is 1. The van der Waals surface area contributed by atoms with Crippen LogP contribution in [0.2, 0.25) is 0 Å². The van der Waals surface area contributed by atoms with Crippen molar-refractivity contribution in [1.29, 1.82) is 0 Å². The molecule has 2 aliphatic heterocycles. The lowest BCUT2D eigenvalue weighted by molar-refractivity contribution is -0.146. The molecule has 23 heavy (non-hydrogen) atoms. The van der Waals surface area contributed by atoms with Gasteiger partial charge >= 0.3 is 5.97 Å². The van der Waals surface area contributed by atoms with E-state index in [-0.39, 0.29) is 17.9 Å². The number of carbonyl (C=O) groups is 1. The van der Waals surface area contributed by atoms with E-state index in [2.05, 4.69) is 15.8 Å². The lowest BCUT2D eigenvalue weighted by atomic mass is 10.0. The normalized spacial score (nSPS) is 22.7. The predicted octanol–water partition coefficient (Wildman–Crippen LogP) is 0.550. The highest BCUT2D eigenvalue weighted by atomic mass is 16.6. The third kappa shape index (κ3) is 3.51. The molecule has 1 aromatic rings. The fourth-order valence-electron chi connectivity index (χ4n) is 2.92. The SMILES string of the molecule is CCOC(=O)C1NNCC1CN(C)c1ccc2c(c1)OCCO2. The molecule has 2 unspecified atom stereocenters. The van der Waals surface area contributed by atoms with E-state index >= 15 is 0 Å². The van der Waals surface area contributed by atoms with E-state index in [4.69, 9.17) is 14.2 Å². The number of esters is 1. The Balaban J connectivity index is 1.66. The third-order valence-electron chi connectivity index (χ3n) is 4.11. The summed E-state index contributed by atoms with van der Waals surface area (Å²) in [5.74, 6) is 1.47. The Bertz CT molecular complexity index is 566. The van der Waals surface area contributed by atoms with Crippen LogP contribution in [0.15, 0.2) is 18.2 Å². The van der Waals surface area contributed by atoms with Gasteiger partial charge in [0.25, 0.3) is 0 Å². The minimum absolute atomic E-state index is 0.132. The summed E-state index contributed by atoms with van der Waals surface area (Å²) in [5, 5.41) is 0. The molecule has 1 aromatic carbocycles. The Morgan fingerprint density at radius 2 is 2.13 bits per heavy atom. The van der Waals surface area contributed by atoms with Gasteiger partial charge in [-0.15, -0.1) is 0 Å². The maximum atomic E-state index is 12.0. The van der Waals surface area contributed by atoms with E-state index in [1.54, 1.807) is 0 Å². The number of benzene rings is 1. The van der Waals surface area contributed by atoms with Crippen LogP contribution in [0.5, 0.6) is 11.5 Å². The molecular formula is C16H23N3O4. The highest BCUT2D eigenvalue weighted by Gasteiger charge is 2.34. The number of hydrazine groups is 1. The minimum Gasteiger partial charge on any atom is -0.486 e. The summed E-state index contributed by atoms with van der Waals surface area (Å²) in [4.78, 5) is 14.1. The van der Waals surface area contributed by atoms with Crippen molar-refractivity contribution in [3.05, 3.63) is 18.2 Å². The molecule has 7 heteroatoms. The van der Waals surface area contributed by atoms with Crippen molar-refractivity contribution in [1.82, 2.24) is 10.9 Å². The monoisotopic (exact) mass is 321 g/mol. The Kier molecular flexibility index (Phi) is 4.88. The third-order valence-corrected chi connectivity index (χ3v) is 4.11. The number of nitrogens with one attached hydrogen (secondary N) is 2. The largest absolute Gasteiger partial charge is 0.486 e. The summed E-state index contributed by atoms with van der Waals surface area (Å²) in [6.45, 7) is 4.81. The van der Waals surface area contributed by atoms with Gasteiger partial charge in [0.1, 0.15) is 19.3 Å². The Hall–Kier alpha value is -1.99. The van der Waals surface area contributed by atoms with E-state index in [9.17, 15) is 4.79 Å². The van der Waals surface area contributed by atoms with Crippen LogP contribution in [0.4, 0.5) is 5.69 Å². The predicted molar refractivity (Wildman–Crippen MR) is 85.8 cm³/mol. The zero-order chi connectivity index (χ0) is 16.2. The van der Waals surface area contributed by atoms with Gasteiger partial charge in [-0.25, -0.2) is 5.43 Å². The molecule has 2 heterocycles. The fraction of sp³-hybridized carbons (Fsp3) is 0.562. The highest BCUT2D eigenvalue weighted by molar-refractivity contribution is 5.76. The number of fused-ring (bicyclic) bond motifs is 1. The first-order valence-electron chi connectivity index (χ1n) is 7.95. The molecule has 0 spiro atoms. The van der Waals surface area contributed by atoms with Gasteiger partial charge in [-0.2, -0.15) is 0 Å². The number of hydrogen-bond acceptors (Lipinski definition) is 7. The molecule has 0 saturated carbocycles. The maximum absolute atomic E-state index is 12.0. The van der Waals surface area contributed by atoms with Gasteiger partial charge in [-0.1, -0.05) is 0 Å². The summed E-state index contributed by atoms with van der Waals surface area (Å²) >= 11 is 0. The molecule has 2 aliphatic rings. The first-order valence-corrected chi connectivity index (χ1v) is 7.95. The molecule has 0 radical (unpaired) electrons. The molecule has 3 rings (SSSR count). The lowest BCUT2D eigenvalue weighted by Crippen LogP contribution is -2.43. The van der Waals surface area contributed by atoms with Crippen molar-refractivity contribution in [3.8, 4) is 11.5 Å². The molecule has 0 aromatic heterocycles. The summed E-state index contributed by atoms with van der Waals surface area (Å²) in [7, 11) is 2.01. The second-order valence-corrected chi connectivity index (χ2v) is 5.72. The first kappa shape index (κ1) is 15.9. The van der Waals surface area contributed by atoms with Gasteiger partial charge in [0.15, 0.2) is 11.5 Å². The minimum atomic E-state index is -0.324. The van der Waals surface area contributed by atoms with Crippen LogP contribution in [-0.4, -0.2) is 52.0 Å². The average molecular weight is 321 g/mol. The smallest absolute Gasteiger partial charge is 0.324 e. The van der Waals surface area contributed by atoms with Gasteiger partial charge in [0.05, 0.1) is 6.61 Å². The molecule has 0 bridgehead atoms. The molecule has 0 amide bonds. The Morgan fingerprint density at radius 3 is 2.91 bits per heavy atom. The summed E-state index contributed by atoms with van der Waals surface area (Å²) in [6, 6.07) is 5.58. The van der Waals surface area contributed by atoms with E-state index in [0.29, 0.717) is 19.8 Å². The maximum Gasteiger partial charge on any atom is 0.324 e. The van der Waals surface area contributed by atoms with Gasteiger partial charge in [-0.05, 0) is 19.1 Å². The van der Waals surface area contributed by atoms with Crippen LogP contribution in [0, 0.1) is 5.92 Å². The van der Waals surface area contributed by atoms with Crippen LogP contribution >= 0.6 is 0 Å². The van der Waals surface area contributed by atoms with Gasteiger partial charge < -0.3 is 19.1 Å². The van der Waals surface area contributed by atoms with Crippen LogP contribution in [0.25, 0.3) is 0 Å². The summed E-state index contributed by atoms with van der Waals surface area (Å²) < 4.78 is 16.3. The molecule has 1 saturated heterocycles. The van der Waals surface area contributed by atoms with Crippen LogP contribution in [0.1, 0.15) is 6.92 Å². The molecular weight excluding hydrogens is 298 g/mol. The second-order valence-electron chi connectivity index (χ2n) is 5.72. The van der Waals surface area contributed by atoms with Crippen molar-refractivity contribution in [2.75, 3.05) is 44.9 Å². The van der Waals surface area contributed by atoms with Crippen molar-refractivity contribution in [2.45, 2.75) is 13.0 Å². The van der Waals surface area contributed by atoms with E-state index in [1.807, 2.05) is 32.2 Å². The zero-order valence-electron chi connectivity index (χ0n) is 13.5.